The molecule has 0 aromatic heterocycles. The second kappa shape index (κ2) is 4.79. The largest absolute Gasteiger partial charge is 0.481 e. The van der Waals surface area contributed by atoms with Crippen LogP contribution in [0.2, 0.25) is 0 Å². The molecule has 15 heavy (non-hydrogen) atoms. The molecule has 0 heterocycles. The van der Waals surface area contributed by atoms with Crippen molar-refractivity contribution in [2.75, 3.05) is 19.0 Å². The predicted molar refractivity (Wildman–Crippen MR) is 60.0 cm³/mol. The predicted octanol–water partition coefficient (Wildman–Crippen LogP) is 1.23. The first kappa shape index (κ1) is 11.5. The summed E-state index contributed by atoms with van der Waals surface area (Å²) in [7, 11) is 3.86. The molecule has 0 saturated heterocycles. The number of benzene rings is 1. The lowest BCUT2D eigenvalue weighted by atomic mass is 10.0. The van der Waals surface area contributed by atoms with Crippen molar-refractivity contribution < 1.29 is 9.90 Å². The third kappa shape index (κ3) is 3.25. The molecular formula is C11H16N2O2. The molecule has 0 aliphatic heterocycles. The van der Waals surface area contributed by atoms with Gasteiger partial charge in [-0.15, -0.1) is 0 Å². The first-order chi connectivity index (χ1) is 7.00. The van der Waals surface area contributed by atoms with Crippen molar-refractivity contribution in [2.45, 2.75) is 12.5 Å². The Bertz CT molecular complexity index is 350. The number of aliphatic carboxylic acids is 1. The Morgan fingerprint density at radius 1 is 1.53 bits per heavy atom. The van der Waals surface area contributed by atoms with E-state index in [2.05, 4.69) is 0 Å². The van der Waals surface area contributed by atoms with E-state index in [1.54, 1.807) is 0 Å². The Morgan fingerprint density at radius 3 is 2.73 bits per heavy atom. The van der Waals surface area contributed by atoms with Crippen LogP contribution < -0.4 is 10.6 Å². The Labute approximate surface area is 89.3 Å². The first-order valence-corrected chi connectivity index (χ1v) is 4.75. The molecule has 4 heteroatoms. The standard InChI is InChI=1S/C11H16N2O2/c1-13(2)9-5-3-4-8(6-9)10(12)7-11(14)15/h3-6,10H,7,12H2,1-2H3,(H,14,15). The van der Waals surface area contributed by atoms with E-state index in [9.17, 15) is 4.79 Å². The molecule has 0 fully saturated rings. The van der Waals surface area contributed by atoms with Gasteiger partial charge in [0.15, 0.2) is 0 Å². The Kier molecular flexibility index (Phi) is 3.68. The molecule has 1 rings (SSSR count). The van der Waals surface area contributed by atoms with Gasteiger partial charge in [-0.2, -0.15) is 0 Å². The number of carboxylic acid groups (broad SMARTS) is 1. The van der Waals surface area contributed by atoms with Crippen molar-refractivity contribution >= 4 is 11.7 Å². The lowest BCUT2D eigenvalue weighted by Crippen LogP contribution is -2.16. The second-order valence-corrected chi connectivity index (χ2v) is 3.69. The molecule has 82 valence electrons. The van der Waals surface area contributed by atoms with Crippen LogP contribution in [0.1, 0.15) is 18.0 Å². The van der Waals surface area contributed by atoms with Crippen molar-refractivity contribution in [3.63, 3.8) is 0 Å². The van der Waals surface area contributed by atoms with E-state index < -0.39 is 12.0 Å². The summed E-state index contributed by atoms with van der Waals surface area (Å²) in [5, 5.41) is 8.63. The zero-order valence-electron chi connectivity index (χ0n) is 8.97. The normalized spacial score (nSPS) is 12.2. The number of nitrogens with two attached hydrogens (primary N) is 1. The van der Waals surface area contributed by atoms with Crippen LogP contribution in [-0.2, 0) is 4.79 Å². The van der Waals surface area contributed by atoms with E-state index in [1.165, 1.54) is 0 Å². The maximum Gasteiger partial charge on any atom is 0.305 e. The molecule has 4 nitrogen and oxygen atoms in total. The van der Waals surface area contributed by atoms with Gasteiger partial charge in [0.05, 0.1) is 6.42 Å². The number of hydrogen-bond acceptors (Lipinski definition) is 3. The minimum atomic E-state index is -0.877. The monoisotopic (exact) mass is 208 g/mol. The highest BCUT2D eigenvalue weighted by molar-refractivity contribution is 5.68. The highest BCUT2D eigenvalue weighted by Gasteiger charge is 2.10. The van der Waals surface area contributed by atoms with Crippen molar-refractivity contribution in [1.82, 2.24) is 0 Å². The Balaban J connectivity index is 2.85. The molecule has 0 radical (unpaired) electrons. The quantitative estimate of drug-likeness (QED) is 0.781. The van der Waals surface area contributed by atoms with Gasteiger partial charge in [0.1, 0.15) is 0 Å². The number of hydrogen-bond donors (Lipinski definition) is 2. The summed E-state index contributed by atoms with van der Waals surface area (Å²) >= 11 is 0. The minimum Gasteiger partial charge on any atom is -0.481 e. The minimum absolute atomic E-state index is 0.0448. The van der Waals surface area contributed by atoms with Gasteiger partial charge in [0.2, 0.25) is 0 Å². The van der Waals surface area contributed by atoms with E-state index in [0.29, 0.717) is 0 Å². The molecule has 0 aliphatic rings. The first-order valence-electron chi connectivity index (χ1n) is 4.75. The van der Waals surface area contributed by atoms with Gasteiger partial charge < -0.3 is 15.7 Å². The molecule has 1 aromatic carbocycles. The summed E-state index contributed by atoms with van der Waals surface area (Å²) in [6.07, 6.45) is -0.0448. The fraction of sp³-hybridized carbons (Fsp3) is 0.364. The van der Waals surface area contributed by atoms with Crippen LogP contribution in [0, 0.1) is 0 Å². The van der Waals surface area contributed by atoms with Crippen molar-refractivity contribution in [3.05, 3.63) is 29.8 Å². The molecule has 0 spiro atoms. The van der Waals surface area contributed by atoms with Gasteiger partial charge in [-0.3, -0.25) is 4.79 Å². The van der Waals surface area contributed by atoms with E-state index in [1.807, 2.05) is 43.3 Å². The fourth-order valence-corrected chi connectivity index (χ4v) is 1.34. The SMILES string of the molecule is CN(C)c1cccc(C(N)CC(=O)O)c1. The van der Waals surface area contributed by atoms with Gasteiger partial charge in [-0.25, -0.2) is 0 Å². The molecule has 1 unspecified atom stereocenters. The van der Waals surface area contributed by atoms with Crippen LogP contribution in [0.4, 0.5) is 5.69 Å². The summed E-state index contributed by atoms with van der Waals surface area (Å²) in [6, 6.07) is 7.15. The summed E-state index contributed by atoms with van der Waals surface area (Å²) in [5.74, 6) is -0.877. The van der Waals surface area contributed by atoms with Gasteiger partial charge in [0.25, 0.3) is 0 Å². The number of rotatable bonds is 4. The fourth-order valence-electron chi connectivity index (χ4n) is 1.34. The highest BCUT2D eigenvalue weighted by atomic mass is 16.4. The van der Waals surface area contributed by atoms with Gasteiger partial charge in [-0.05, 0) is 17.7 Å². The van der Waals surface area contributed by atoms with E-state index >= 15 is 0 Å². The topological polar surface area (TPSA) is 66.6 Å². The Hall–Kier alpha value is -1.55. The van der Waals surface area contributed by atoms with Crippen LogP contribution in [0.25, 0.3) is 0 Å². The van der Waals surface area contributed by atoms with Gasteiger partial charge in [-0.1, -0.05) is 12.1 Å². The number of nitrogens with zero attached hydrogens (tertiary/aromatic N) is 1. The number of carbonyl (C=O) groups is 1. The van der Waals surface area contributed by atoms with E-state index in [4.69, 9.17) is 10.8 Å². The molecule has 3 N–H and O–H groups in total. The van der Waals surface area contributed by atoms with Crippen LogP contribution in [-0.4, -0.2) is 25.2 Å². The summed E-state index contributed by atoms with van der Waals surface area (Å²) in [6.45, 7) is 0. The molecule has 1 aromatic rings. The highest BCUT2D eigenvalue weighted by Crippen LogP contribution is 2.19. The van der Waals surface area contributed by atoms with E-state index in [0.717, 1.165) is 11.3 Å². The van der Waals surface area contributed by atoms with Crippen molar-refractivity contribution in [2.24, 2.45) is 5.73 Å². The molecule has 0 aliphatic carbocycles. The van der Waals surface area contributed by atoms with E-state index in [-0.39, 0.29) is 6.42 Å². The molecule has 0 amide bonds. The zero-order valence-corrected chi connectivity index (χ0v) is 8.97. The van der Waals surface area contributed by atoms with Crippen LogP contribution in [0.3, 0.4) is 0 Å². The van der Waals surface area contributed by atoms with Crippen LogP contribution >= 0.6 is 0 Å². The Morgan fingerprint density at radius 2 is 2.20 bits per heavy atom. The van der Waals surface area contributed by atoms with Gasteiger partial charge in [0, 0.05) is 25.8 Å². The maximum atomic E-state index is 10.5. The maximum absolute atomic E-state index is 10.5. The number of anilines is 1. The average molecular weight is 208 g/mol. The third-order valence-corrected chi connectivity index (χ3v) is 2.21. The smallest absolute Gasteiger partial charge is 0.305 e. The van der Waals surface area contributed by atoms with Crippen LogP contribution in [0.5, 0.6) is 0 Å². The molecule has 1 atom stereocenters. The van der Waals surface area contributed by atoms with Crippen molar-refractivity contribution in [3.8, 4) is 0 Å². The second-order valence-electron chi connectivity index (χ2n) is 3.69. The van der Waals surface area contributed by atoms with Crippen LogP contribution in [0.15, 0.2) is 24.3 Å². The summed E-state index contributed by atoms with van der Waals surface area (Å²) in [5.41, 5.74) is 7.64. The summed E-state index contributed by atoms with van der Waals surface area (Å²) < 4.78 is 0. The lowest BCUT2D eigenvalue weighted by molar-refractivity contribution is -0.137. The third-order valence-electron chi connectivity index (χ3n) is 2.21. The summed E-state index contributed by atoms with van der Waals surface area (Å²) in [4.78, 5) is 12.5. The molecule has 0 bridgehead atoms. The van der Waals surface area contributed by atoms with Gasteiger partial charge >= 0.3 is 5.97 Å². The zero-order chi connectivity index (χ0) is 11.4. The average Bonchev–Trinajstić information content (AvgIpc) is 2.17. The molecular weight excluding hydrogens is 192 g/mol. The number of carboxylic acids is 1. The lowest BCUT2D eigenvalue weighted by Gasteiger charge is -2.15. The van der Waals surface area contributed by atoms with Crippen molar-refractivity contribution in [1.29, 1.82) is 0 Å². The molecule has 0 saturated carbocycles.